The van der Waals surface area contributed by atoms with Crippen molar-refractivity contribution in [3.8, 4) is 0 Å². The minimum Gasteiger partial charge on any atom is -0.461 e. The first-order valence-electron chi connectivity index (χ1n) is 3.32. The van der Waals surface area contributed by atoms with Crippen LogP contribution in [-0.2, 0) is 0 Å². The predicted octanol–water partition coefficient (Wildman–Crippen LogP) is 2.68. The standard InChI is InChI=1S/C9H6FO/c1-6-5-11-9-7(6)3-2-4-8(9)10/h3-5H,1H3. The Labute approximate surface area is 63.4 Å². The van der Waals surface area contributed by atoms with E-state index >= 15 is 0 Å². The zero-order valence-electron chi connectivity index (χ0n) is 6.02. The highest BCUT2D eigenvalue weighted by molar-refractivity contribution is 5.80. The van der Waals surface area contributed by atoms with Crippen molar-refractivity contribution in [3.05, 3.63) is 35.8 Å². The third-order valence-corrected chi connectivity index (χ3v) is 1.68. The van der Waals surface area contributed by atoms with E-state index in [1.807, 2.05) is 6.92 Å². The number of aryl methyl sites for hydroxylation is 1. The lowest BCUT2D eigenvalue weighted by Crippen LogP contribution is -1.73. The Morgan fingerprint density at radius 3 is 3.00 bits per heavy atom. The molecule has 0 atom stereocenters. The molecule has 0 saturated carbocycles. The molecule has 1 radical (unpaired) electrons. The molecule has 2 rings (SSSR count). The Balaban J connectivity index is 2.94. The van der Waals surface area contributed by atoms with Crippen molar-refractivity contribution in [3.63, 3.8) is 0 Å². The molecular formula is C9H6FO. The lowest BCUT2D eigenvalue weighted by Gasteiger charge is -1.88. The third-order valence-electron chi connectivity index (χ3n) is 1.68. The quantitative estimate of drug-likeness (QED) is 0.561. The van der Waals surface area contributed by atoms with Crippen LogP contribution in [0.15, 0.2) is 22.8 Å². The molecule has 2 heteroatoms. The molecule has 0 bridgehead atoms. The molecule has 0 spiro atoms. The predicted molar refractivity (Wildman–Crippen MR) is 39.7 cm³/mol. The van der Waals surface area contributed by atoms with Crippen molar-refractivity contribution in [2.75, 3.05) is 0 Å². The second-order valence-corrected chi connectivity index (χ2v) is 2.46. The van der Waals surface area contributed by atoms with E-state index in [0.717, 1.165) is 10.9 Å². The van der Waals surface area contributed by atoms with Gasteiger partial charge in [-0.2, -0.15) is 0 Å². The summed E-state index contributed by atoms with van der Waals surface area (Å²) in [5.41, 5.74) is 1.26. The molecule has 0 aliphatic rings. The zero-order chi connectivity index (χ0) is 7.84. The van der Waals surface area contributed by atoms with Crippen LogP contribution >= 0.6 is 0 Å². The van der Waals surface area contributed by atoms with Crippen LogP contribution in [0.1, 0.15) is 5.56 Å². The van der Waals surface area contributed by atoms with E-state index in [0.29, 0.717) is 5.58 Å². The highest BCUT2D eigenvalue weighted by Gasteiger charge is 2.05. The highest BCUT2D eigenvalue weighted by Crippen LogP contribution is 2.21. The first-order chi connectivity index (χ1) is 5.29. The number of halogens is 1. The fourth-order valence-corrected chi connectivity index (χ4v) is 1.08. The van der Waals surface area contributed by atoms with Gasteiger partial charge < -0.3 is 4.42 Å². The van der Waals surface area contributed by atoms with Gasteiger partial charge in [0.25, 0.3) is 0 Å². The normalized spacial score (nSPS) is 10.7. The van der Waals surface area contributed by atoms with Gasteiger partial charge in [0.05, 0.1) is 6.26 Å². The summed E-state index contributed by atoms with van der Waals surface area (Å²) in [6, 6.07) is 5.68. The fraction of sp³-hybridized carbons (Fsp3) is 0.111. The van der Waals surface area contributed by atoms with Gasteiger partial charge in [-0.15, -0.1) is 0 Å². The highest BCUT2D eigenvalue weighted by atomic mass is 19.1. The number of furan rings is 1. The van der Waals surface area contributed by atoms with Gasteiger partial charge >= 0.3 is 0 Å². The molecule has 1 aromatic carbocycles. The van der Waals surface area contributed by atoms with Gasteiger partial charge in [-0.1, -0.05) is 0 Å². The lowest BCUT2D eigenvalue weighted by molar-refractivity contribution is 0.559. The Hall–Kier alpha value is -1.31. The van der Waals surface area contributed by atoms with Crippen LogP contribution in [0.3, 0.4) is 0 Å². The van der Waals surface area contributed by atoms with E-state index in [1.165, 1.54) is 6.07 Å². The first kappa shape index (κ1) is 6.40. The summed E-state index contributed by atoms with van der Waals surface area (Å²) in [5.74, 6) is -0.351. The van der Waals surface area contributed by atoms with Gasteiger partial charge in [-0.05, 0) is 30.7 Å². The summed E-state index contributed by atoms with van der Waals surface area (Å²) in [6.07, 6.45) is 1.54. The van der Waals surface area contributed by atoms with Crippen LogP contribution in [0, 0.1) is 18.8 Å². The molecular weight excluding hydrogens is 143 g/mol. The van der Waals surface area contributed by atoms with E-state index in [2.05, 4.69) is 6.07 Å². The van der Waals surface area contributed by atoms with Crippen molar-refractivity contribution in [2.45, 2.75) is 6.92 Å². The lowest BCUT2D eigenvalue weighted by atomic mass is 10.2. The minimum atomic E-state index is -0.351. The zero-order valence-corrected chi connectivity index (χ0v) is 6.02. The number of hydrogen-bond acceptors (Lipinski definition) is 1. The SMILES string of the molecule is Cc1coc2c(F)c[c]cc12. The van der Waals surface area contributed by atoms with Crippen LogP contribution in [0.25, 0.3) is 11.0 Å². The molecule has 2 aromatic rings. The third kappa shape index (κ3) is 0.827. The Morgan fingerprint density at radius 2 is 2.27 bits per heavy atom. The van der Waals surface area contributed by atoms with E-state index in [4.69, 9.17) is 4.42 Å². The van der Waals surface area contributed by atoms with Gasteiger partial charge in [0.15, 0.2) is 11.4 Å². The van der Waals surface area contributed by atoms with E-state index in [-0.39, 0.29) is 5.82 Å². The van der Waals surface area contributed by atoms with Crippen LogP contribution in [0.2, 0.25) is 0 Å². The molecule has 55 valence electrons. The van der Waals surface area contributed by atoms with E-state index in [9.17, 15) is 4.39 Å². The van der Waals surface area contributed by atoms with Crippen molar-refractivity contribution < 1.29 is 8.81 Å². The molecule has 0 aliphatic carbocycles. The van der Waals surface area contributed by atoms with Crippen LogP contribution < -0.4 is 0 Å². The first-order valence-corrected chi connectivity index (χ1v) is 3.32. The number of rotatable bonds is 0. The largest absolute Gasteiger partial charge is 0.461 e. The average Bonchev–Trinajstić information content (AvgIpc) is 2.35. The van der Waals surface area contributed by atoms with Crippen molar-refractivity contribution >= 4 is 11.0 Å². The summed E-state index contributed by atoms with van der Waals surface area (Å²) in [7, 11) is 0. The topological polar surface area (TPSA) is 13.1 Å². The average molecular weight is 149 g/mol. The Morgan fingerprint density at radius 1 is 1.45 bits per heavy atom. The maximum Gasteiger partial charge on any atom is 0.169 e. The molecule has 1 aromatic heterocycles. The molecule has 0 aliphatic heterocycles. The van der Waals surface area contributed by atoms with Crippen LogP contribution in [0.5, 0.6) is 0 Å². The van der Waals surface area contributed by atoms with Crippen molar-refractivity contribution in [2.24, 2.45) is 0 Å². The summed E-state index contributed by atoms with van der Waals surface area (Å²) < 4.78 is 17.9. The van der Waals surface area contributed by atoms with Crippen molar-refractivity contribution in [1.82, 2.24) is 0 Å². The van der Waals surface area contributed by atoms with E-state index < -0.39 is 0 Å². The fourth-order valence-electron chi connectivity index (χ4n) is 1.08. The summed E-state index contributed by atoms with van der Waals surface area (Å²) in [6.45, 7) is 1.87. The van der Waals surface area contributed by atoms with Gasteiger partial charge in [-0.3, -0.25) is 0 Å². The molecule has 1 nitrogen and oxygen atoms in total. The molecule has 0 unspecified atom stereocenters. The number of hydrogen-bond donors (Lipinski definition) is 0. The molecule has 0 fully saturated rings. The van der Waals surface area contributed by atoms with Gasteiger partial charge in [-0.25, -0.2) is 4.39 Å². The molecule has 0 amide bonds. The van der Waals surface area contributed by atoms with E-state index in [1.54, 1.807) is 12.3 Å². The molecule has 0 N–H and O–H groups in total. The van der Waals surface area contributed by atoms with Gasteiger partial charge in [0, 0.05) is 5.39 Å². The second-order valence-electron chi connectivity index (χ2n) is 2.46. The monoisotopic (exact) mass is 149 g/mol. The molecule has 11 heavy (non-hydrogen) atoms. The van der Waals surface area contributed by atoms with Gasteiger partial charge in [0.2, 0.25) is 0 Å². The van der Waals surface area contributed by atoms with Crippen molar-refractivity contribution in [1.29, 1.82) is 0 Å². The maximum absolute atomic E-state index is 12.9. The maximum atomic E-state index is 12.9. The Kier molecular flexibility index (Phi) is 1.22. The summed E-state index contributed by atoms with van der Waals surface area (Å²) in [4.78, 5) is 0. The summed E-state index contributed by atoms with van der Waals surface area (Å²) in [5, 5.41) is 0.796. The number of benzene rings is 1. The minimum absolute atomic E-state index is 0.321. The molecule has 0 saturated heterocycles. The van der Waals surface area contributed by atoms with Crippen LogP contribution in [0.4, 0.5) is 4.39 Å². The van der Waals surface area contributed by atoms with Crippen LogP contribution in [-0.4, -0.2) is 0 Å². The Bertz CT molecular complexity index is 389. The second kappa shape index (κ2) is 2.09. The summed E-state index contributed by atoms with van der Waals surface area (Å²) >= 11 is 0. The smallest absolute Gasteiger partial charge is 0.169 e. The van der Waals surface area contributed by atoms with Gasteiger partial charge in [0.1, 0.15) is 0 Å². The number of fused-ring (bicyclic) bond motifs is 1. The molecule has 1 heterocycles.